The highest BCUT2D eigenvalue weighted by Crippen LogP contribution is 2.33. The Morgan fingerprint density at radius 3 is 2.45 bits per heavy atom. The molecule has 6 nitrogen and oxygen atoms in total. The Morgan fingerprint density at radius 1 is 1.16 bits per heavy atom. The molecule has 1 aliphatic heterocycles. The van der Waals surface area contributed by atoms with Crippen LogP contribution < -0.4 is 4.90 Å². The largest absolute Gasteiger partial charge is 0.376 e. The Bertz CT molecular complexity index is 831. The predicted molar refractivity (Wildman–Crippen MR) is 124 cm³/mol. The summed E-state index contributed by atoms with van der Waals surface area (Å²) in [7, 11) is 0. The van der Waals surface area contributed by atoms with Crippen molar-refractivity contribution < 1.29 is 14.1 Å². The zero-order chi connectivity index (χ0) is 22.4. The third kappa shape index (κ3) is 6.10. The fourth-order valence-electron chi connectivity index (χ4n) is 4.07. The second kappa shape index (κ2) is 10.3. The van der Waals surface area contributed by atoms with E-state index in [9.17, 15) is 4.79 Å². The molecule has 0 saturated carbocycles. The first-order valence-electron chi connectivity index (χ1n) is 11.5. The summed E-state index contributed by atoms with van der Waals surface area (Å²) < 4.78 is 11.7. The zero-order valence-electron chi connectivity index (χ0n) is 19.7. The fourth-order valence-corrected chi connectivity index (χ4v) is 4.07. The number of carbonyl (C=O) groups excluding carboxylic acids is 1. The van der Waals surface area contributed by atoms with Gasteiger partial charge in [0.05, 0.1) is 18.2 Å². The van der Waals surface area contributed by atoms with Crippen LogP contribution in [0.4, 0.5) is 5.88 Å². The lowest BCUT2D eigenvalue weighted by molar-refractivity contribution is -0.135. The Hall–Kier alpha value is -2.34. The highest BCUT2D eigenvalue weighted by Gasteiger charge is 2.29. The van der Waals surface area contributed by atoms with Gasteiger partial charge in [-0.2, -0.15) is 0 Å². The van der Waals surface area contributed by atoms with E-state index in [0.29, 0.717) is 19.5 Å². The number of amides is 1. The molecule has 1 atom stereocenters. The number of nitrogens with zero attached hydrogens (tertiary/aromatic N) is 3. The van der Waals surface area contributed by atoms with Crippen molar-refractivity contribution in [1.29, 1.82) is 0 Å². The van der Waals surface area contributed by atoms with Crippen LogP contribution in [0.25, 0.3) is 11.3 Å². The molecule has 1 amide bonds. The van der Waals surface area contributed by atoms with Gasteiger partial charge in [-0.1, -0.05) is 56.3 Å². The van der Waals surface area contributed by atoms with Crippen LogP contribution in [0.5, 0.6) is 0 Å². The summed E-state index contributed by atoms with van der Waals surface area (Å²) in [6, 6.07) is 10.1. The predicted octanol–water partition coefficient (Wildman–Crippen LogP) is 5.13. The van der Waals surface area contributed by atoms with Gasteiger partial charge in [0, 0.05) is 38.2 Å². The van der Waals surface area contributed by atoms with Crippen molar-refractivity contribution in [2.75, 3.05) is 31.1 Å². The van der Waals surface area contributed by atoms with Crippen LogP contribution in [-0.2, 0) is 16.1 Å². The monoisotopic (exact) mass is 427 g/mol. The highest BCUT2D eigenvalue weighted by atomic mass is 16.5. The number of ether oxygens (including phenoxy) is 1. The summed E-state index contributed by atoms with van der Waals surface area (Å²) >= 11 is 0. The van der Waals surface area contributed by atoms with Crippen molar-refractivity contribution in [2.24, 2.45) is 5.41 Å². The van der Waals surface area contributed by atoms with E-state index in [1.807, 2.05) is 35.2 Å². The van der Waals surface area contributed by atoms with Gasteiger partial charge >= 0.3 is 0 Å². The van der Waals surface area contributed by atoms with Crippen molar-refractivity contribution in [1.82, 2.24) is 10.1 Å². The maximum atomic E-state index is 13.3. The highest BCUT2D eigenvalue weighted by molar-refractivity contribution is 5.78. The lowest BCUT2D eigenvalue weighted by Gasteiger charge is -2.29. The molecule has 0 spiro atoms. The summed E-state index contributed by atoms with van der Waals surface area (Å²) in [5, 5.41) is 4.44. The molecule has 2 aromatic rings. The van der Waals surface area contributed by atoms with Crippen LogP contribution in [0.1, 0.15) is 59.4 Å². The van der Waals surface area contributed by atoms with Gasteiger partial charge in [0.25, 0.3) is 0 Å². The minimum atomic E-state index is -0.0789. The van der Waals surface area contributed by atoms with E-state index < -0.39 is 0 Å². The molecule has 1 aromatic heterocycles. The molecule has 31 heavy (non-hydrogen) atoms. The number of carbonyl (C=O) groups is 1. The van der Waals surface area contributed by atoms with Crippen LogP contribution in [0.3, 0.4) is 0 Å². The molecule has 2 heterocycles. The lowest BCUT2D eigenvalue weighted by Crippen LogP contribution is -2.39. The number of anilines is 1. The Labute approximate surface area is 186 Å². The Balaban J connectivity index is 1.97. The van der Waals surface area contributed by atoms with Gasteiger partial charge in [-0.15, -0.1) is 0 Å². The van der Waals surface area contributed by atoms with Crippen LogP contribution in [-0.4, -0.2) is 48.3 Å². The van der Waals surface area contributed by atoms with Crippen LogP contribution in [0.15, 0.2) is 34.9 Å². The molecule has 0 bridgehead atoms. The number of hydrogen-bond donors (Lipinski definition) is 0. The van der Waals surface area contributed by atoms with E-state index in [-0.39, 0.29) is 17.4 Å². The van der Waals surface area contributed by atoms with E-state index in [0.717, 1.165) is 55.2 Å². The molecule has 1 saturated heterocycles. The molecule has 0 radical (unpaired) electrons. The van der Waals surface area contributed by atoms with Gasteiger partial charge in [-0.3, -0.25) is 4.79 Å². The molecule has 1 fully saturated rings. The van der Waals surface area contributed by atoms with E-state index in [4.69, 9.17) is 9.26 Å². The molecule has 1 aromatic carbocycles. The van der Waals surface area contributed by atoms with E-state index >= 15 is 0 Å². The second-order valence-corrected chi connectivity index (χ2v) is 9.50. The van der Waals surface area contributed by atoms with E-state index in [1.54, 1.807) is 0 Å². The molecular weight excluding hydrogens is 390 g/mol. The zero-order valence-corrected chi connectivity index (χ0v) is 19.7. The summed E-state index contributed by atoms with van der Waals surface area (Å²) in [5.74, 6) is 0.901. The fraction of sp³-hybridized carbons (Fsp3) is 0.600. The molecular formula is C25H37N3O3. The maximum Gasteiger partial charge on any atom is 0.232 e. The smallest absolute Gasteiger partial charge is 0.232 e. The number of hydrogen-bond acceptors (Lipinski definition) is 5. The van der Waals surface area contributed by atoms with Crippen molar-refractivity contribution in [2.45, 2.75) is 66.5 Å². The summed E-state index contributed by atoms with van der Waals surface area (Å²) in [6.45, 7) is 14.0. The first kappa shape index (κ1) is 23.3. The quantitative estimate of drug-likeness (QED) is 0.555. The molecule has 0 unspecified atom stereocenters. The van der Waals surface area contributed by atoms with Crippen molar-refractivity contribution >= 4 is 11.8 Å². The SMILES string of the molecule is CCN(CC)c1onc(-c2ccccc2)c1CN(C[C@H]1CCCO1)C(=O)CC(C)(C)C. The minimum absolute atomic E-state index is 0.0789. The first-order valence-corrected chi connectivity index (χ1v) is 11.5. The normalized spacial score (nSPS) is 16.5. The van der Waals surface area contributed by atoms with E-state index in [2.05, 4.69) is 44.7 Å². The second-order valence-electron chi connectivity index (χ2n) is 9.50. The number of benzene rings is 1. The summed E-state index contributed by atoms with van der Waals surface area (Å²) in [6.07, 6.45) is 2.64. The third-order valence-corrected chi connectivity index (χ3v) is 5.70. The molecule has 3 rings (SSSR count). The molecule has 1 aliphatic rings. The maximum absolute atomic E-state index is 13.3. The summed E-state index contributed by atoms with van der Waals surface area (Å²) in [4.78, 5) is 17.5. The van der Waals surface area contributed by atoms with Crippen LogP contribution in [0.2, 0.25) is 0 Å². The average molecular weight is 428 g/mol. The Kier molecular flexibility index (Phi) is 7.76. The van der Waals surface area contributed by atoms with Gasteiger partial charge in [-0.25, -0.2) is 0 Å². The van der Waals surface area contributed by atoms with Gasteiger partial charge in [0.2, 0.25) is 11.8 Å². The van der Waals surface area contributed by atoms with Crippen molar-refractivity contribution in [3.8, 4) is 11.3 Å². The lowest BCUT2D eigenvalue weighted by atomic mass is 9.91. The average Bonchev–Trinajstić information content (AvgIpc) is 3.38. The minimum Gasteiger partial charge on any atom is -0.376 e. The summed E-state index contributed by atoms with van der Waals surface area (Å²) in [5.41, 5.74) is 2.70. The molecule has 6 heteroatoms. The molecule has 170 valence electrons. The van der Waals surface area contributed by atoms with Gasteiger partial charge < -0.3 is 19.1 Å². The standard InChI is InChI=1S/C25H37N3O3/c1-6-27(7-2)24-21(23(26-31-24)19-12-9-8-10-13-19)18-28(17-20-14-11-15-30-20)22(29)16-25(3,4)5/h8-10,12-13,20H,6-7,11,14-18H2,1-5H3/t20-/m1/s1. The third-order valence-electron chi connectivity index (χ3n) is 5.70. The number of rotatable bonds is 9. The Morgan fingerprint density at radius 2 is 1.87 bits per heavy atom. The van der Waals surface area contributed by atoms with E-state index in [1.165, 1.54) is 0 Å². The van der Waals surface area contributed by atoms with Crippen LogP contribution in [0, 0.1) is 5.41 Å². The van der Waals surface area contributed by atoms with Gasteiger partial charge in [0.1, 0.15) is 5.69 Å². The topological polar surface area (TPSA) is 58.8 Å². The molecule has 0 aliphatic carbocycles. The van der Waals surface area contributed by atoms with Crippen molar-refractivity contribution in [3.05, 3.63) is 35.9 Å². The van der Waals surface area contributed by atoms with Gasteiger partial charge in [-0.05, 0) is 32.1 Å². The number of aromatic nitrogens is 1. The first-order chi connectivity index (χ1) is 14.8. The van der Waals surface area contributed by atoms with Crippen molar-refractivity contribution in [3.63, 3.8) is 0 Å². The molecule has 0 N–H and O–H groups in total. The van der Waals surface area contributed by atoms with Crippen LogP contribution >= 0.6 is 0 Å². The van der Waals surface area contributed by atoms with Gasteiger partial charge in [0.15, 0.2) is 0 Å².